The molecule has 0 bridgehead atoms. The fraction of sp³-hybridized carbons (Fsp3) is 0.167. The predicted octanol–water partition coefficient (Wildman–Crippen LogP) is 1.55. The lowest BCUT2D eigenvalue weighted by molar-refractivity contribution is 0.269. The fourth-order valence-electron chi connectivity index (χ4n) is 1.24. The molecule has 4 heteroatoms. The van der Waals surface area contributed by atoms with E-state index in [9.17, 15) is 0 Å². The lowest BCUT2D eigenvalue weighted by atomic mass is 10.2. The monoisotopic (exact) mass is 216 g/mol. The lowest BCUT2D eigenvalue weighted by Gasteiger charge is -2.04. The van der Waals surface area contributed by atoms with Crippen LogP contribution < -0.4 is 4.74 Å². The maximum Gasteiger partial charge on any atom is 0.233 e. The van der Waals surface area contributed by atoms with Crippen LogP contribution in [0.2, 0.25) is 0 Å². The van der Waals surface area contributed by atoms with Crippen molar-refractivity contribution in [1.29, 1.82) is 0 Å². The quantitative estimate of drug-likeness (QED) is 0.842. The summed E-state index contributed by atoms with van der Waals surface area (Å²) in [7, 11) is 0. The van der Waals surface area contributed by atoms with Crippen LogP contribution in [0, 0.1) is 0 Å². The summed E-state index contributed by atoms with van der Waals surface area (Å²) in [5.41, 5.74) is 1.61. The van der Waals surface area contributed by atoms with Gasteiger partial charge in [-0.2, -0.15) is 0 Å². The number of aliphatic hydroxyl groups is 1. The van der Waals surface area contributed by atoms with Crippen LogP contribution >= 0.6 is 0 Å². The maximum absolute atomic E-state index is 8.79. The van der Waals surface area contributed by atoms with E-state index in [0.717, 1.165) is 5.56 Å². The van der Waals surface area contributed by atoms with Gasteiger partial charge in [0.15, 0.2) is 0 Å². The molecule has 0 fully saturated rings. The fourth-order valence-corrected chi connectivity index (χ4v) is 1.24. The molecule has 0 spiro atoms. The highest BCUT2D eigenvalue weighted by Gasteiger charge is 1.98. The molecular formula is C12H12N2O2. The van der Waals surface area contributed by atoms with Gasteiger partial charge in [-0.1, -0.05) is 30.3 Å². The van der Waals surface area contributed by atoms with E-state index in [-0.39, 0.29) is 6.61 Å². The van der Waals surface area contributed by atoms with E-state index >= 15 is 0 Å². The molecule has 0 aliphatic carbocycles. The number of aliphatic hydroxyl groups excluding tert-OH is 1. The third-order valence-corrected chi connectivity index (χ3v) is 2.09. The van der Waals surface area contributed by atoms with E-state index in [1.807, 2.05) is 30.3 Å². The predicted molar refractivity (Wildman–Crippen MR) is 58.7 cm³/mol. The molecule has 1 heterocycles. The van der Waals surface area contributed by atoms with Crippen LogP contribution in [-0.4, -0.2) is 15.3 Å². The van der Waals surface area contributed by atoms with Gasteiger partial charge in [0.2, 0.25) is 5.88 Å². The average molecular weight is 216 g/mol. The minimum absolute atomic E-state index is 0.105. The van der Waals surface area contributed by atoms with Gasteiger partial charge in [-0.05, 0) is 11.6 Å². The lowest BCUT2D eigenvalue weighted by Crippen LogP contribution is -1.99. The summed E-state index contributed by atoms with van der Waals surface area (Å²) < 4.78 is 5.44. The zero-order valence-electron chi connectivity index (χ0n) is 8.71. The van der Waals surface area contributed by atoms with Crippen molar-refractivity contribution in [3.63, 3.8) is 0 Å². The van der Waals surface area contributed by atoms with Crippen LogP contribution in [0.1, 0.15) is 11.3 Å². The summed E-state index contributed by atoms with van der Waals surface area (Å²) in [6.45, 7) is 0.361. The van der Waals surface area contributed by atoms with E-state index in [2.05, 4.69) is 10.2 Å². The molecule has 0 radical (unpaired) electrons. The van der Waals surface area contributed by atoms with Crippen molar-refractivity contribution >= 4 is 0 Å². The Labute approximate surface area is 93.5 Å². The van der Waals surface area contributed by atoms with Crippen molar-refractivity contribution in [3.8, 4) is 5.88 Å². The molecule has 2 aromatic rings. The van der Waals surface area contributed by atoms with Crippen LogP contribution in [0.15, 0.2) is 42.5 Å². The van der Waals surface area contributed by atoms with E-state index in [0.29, 0.717) is 18.2 Å². The summed E-state index contributed by atoms with van der Waals surface area (Å²) in [6, 6.07) is 13.2. The summed E-state index contributed by atoms with van der Waals surface area (Å²) in [5.74, 6) is 0.459. The van der Waals surface area contributed by atoms with Gasteiger partial charge in [0.25, 0.3) is 0 Å². The molecule has 1 aromatic heterocycles. The second-order valence-electron chi connectivity index (χ2n) is 3.30. The highest BCUT2D eigenvalue weighted by molar-refractivity contribution is 5.16. The van der Waals surface area contributed by atoms with Crippen molar-refractivity contribution in [2.45, 2.75) is 13.2 Å². The van der Waals surface area contributed by atoms with Crippen LogP contribution in [0.3, 0.4) is 0 Å². The van der Waals surface area contributed by atoms with Crippen molar-refractivity contribution in [1.82, 2.24) is 10.2 Å². The molecule has 0 saturated heterocycles. The van der Waals surface area contributed by atoms with Gasteiger partial charge in [-0.15, -0.1) is 10.2 Å². The van der Waals surface area contributed by atoms with Crippen LogP contribution in [0.25, 0.3) is 0 Å². The van der Waals surface area contributed by atoms with E-state index in [1.165, 1.54) is 0 Å². The molecule has 0 aliphatic heterocycles. The van der Waals surface area contributed by atoms with Gasteiger partial charge < -0.3 is 9.84 Å². The minimum Gasteiger partial charge on any atom is -0.472 e. The van der Waals surface area contributed by atoms with Gasteiger partial charge >= 0.3 is 0 Å². The molecule has 16 heavy (non-hydrogen) atoms. The van der Waals surface area contributed by atoms with Crippen LogP contribution in [-0.2, 0) is 13.2 Å². The third-order valence-electron chi connectivity index (χ3n) is 2.09. The summed E-state index contributed by atoms with van der Waals surface area (Å²) >= 11 is 0. The van der Waals surface area contributed by atoms with Crippen molar-refractivity contribution in [3.05, 3.63) is 53.7 Å². The summed E-state index contributed by atoms with van der Waals surface area (Å²) in [5, 5.41) is 16.4. The zero-order chi connectivity index (χ0) is 11.2. The molecular weight excluding hydrogens is 204 g/mol. The van der Waals surface area contributed by atoms with Gasteiger partial charge in [-0.3, -0.25) is 0 Å². The molecule has 82 valence electrons. The number of ether oxygens (including phenoxy) is 1. The van der Waals surface area contributed by atoms with Crippen molar-refractivity contribution in [2.24, 2.45) is 0 Å². The molecule has 0 atom stereocenters. The normalized spacial score (nSPS) is 10.1. The highest BCUT2D eigenvalue weighted by atomic mass is 16.5. The maximum atomic E-state index is 8.79. The Morgan fingerprint density at radius 3 is 2.44 bits per heavy atom. The number of rotatable bonds is 4. The number of benzene rings is 1. The second-order valence-corrected chi connectivity index (χ2v) is 3.30. The number of aromatic nitrogens is 2. The first-order valence-corrected chi connectivity index (χ1v) is 4.98. The Bertz CT molecular complexity index is 429. The molecule has 0 aliphatic rings. The first-order chi connectivity index (χ1) is 7.88. The molecule has 0 unspecified atom stereocenters. The molecule has 1 aromatic carbocycles. The van der Waals surface area contributed by atoms with Crippen LogP contribution in [0.5, 0.6) is 5.88 Å². The largest absolute Gasteiger partial charge is 0.472 e. The Morgan fingerprint density at radius 1 is 1.00 bits per heavy atom. The smallest absolute Gasteiger partial charge is 0.233 e. The molecule has 4 nitrogen and oxygen atoms in total. The van der Waals surface area contributed by atoms with Gasteiger partial charge in [0.1, 0.15) is 6.61 Å². The Hall–Kier alpha value is -1.94. The van der Waals surface area contributed by atoms with Crippen molar-refractivity contribution < 1.29 is 9.84 Å². The average Bonchev–Trinajstić information content (AvgIpc) is 2.38. The minimum atomic E-state index is -0.105. The first kappa shape index (κ1) is 10.6. The molecule has 1 N–H and O–H groups in total. The first-order valence-electron chi connectivity index (χ1n) is 4.98. The van der Waals surface area contributed by atoms with Gasteiger partial charge in [-0.25, -0.2) is 0 Å². The van der Waals surface area contributed by atoms with E-state index in [1.54, 1.807) is 12.1 Å². The SMILES string of the molecule is OCc1ccc(OCc2ccccc2)nn1. The number of hydrogen-bond donors (Lipinski definition) is 1. The van der Waals surface area contributed by atoms with Crippen molar-refractivity contribution in [2.75, 3.05) is 0 Å². The summed E-state index contributed by atoms with van der Waals surface area (Å²) in [6.07, 6.45) is 0. The Kier molecular flexibility index (Phi) is 3.46. The van der Waals surface area contributed by atoms with E-state index < -0.39 is 0 Å². The topological polar surface area (TPSA) is 55.2 Å². The Morgan fingerprint density at radius 2 is 1.81 bits per heavy atom. The number of nitrogens with zero attached hydrogens (tertiary/aromatic N) is 2. The standard InChI is InChI=1S/C12H12N2O2/c15-8-11-6-7-12(14-13-11)16-9-10-4-2-1-3-5-10/h1-7,15H,8-9H2. The number of hydrogen-bond acceptors (Lipinski definition) is 4. The zero-order valence-corrected chi connectivity index (χ0v) is 8.71. The molecule has 0 amide bonds. The van der Waals surface area contributed by atoms with Crippen LogP contribution in [0.4, 0.5) is 0 Å². The highest BCUT2D eigenvalue weighted by Crippen LogP contribution is 2.08. The molecule has 2 rings (SSSR count). The third kappa shape index (κ3) is 2.77. The van der Waals surface area contributed by atoms with Gasteiger partial charge in [0.05, 0.1) is 12.3 Å². The Balaban J connectivity index is 1.94. The molecule has 0 saturated carbocycles. The van der Waals surface area contributed by atoms with Gasteiger partial charge in [0, 0.05) is 6.07 Å². The van der Waals surface area contributed by atoms with E-state index in [4.69, 9.17) is 9.84 Å². The summed E-state index contributed by atoms with van der Waals surface area (Å²) in [4.78, 5) is 0. The second kappa shape index (κ2) is 5.23.